The predicted octanol–water partition coefficient (Wildman–Crippen LogP) is 3.46. The van der Waals surface area contributed by atoms with Crippen LogP contribution in [0.4, 0.5) is 0 Å². The number of rotatable bonds is 8. The van der Waals surface area contributed by atoms with E-state index in [4.69, 9.17) is 14.7 Å². The summed E-state index contributed by atoms with van der Waals surface area (Å²) in [5.41, 5.74) is 0.779. The molecule has 0 fully saturated rings. The molecule has 0 aromatic heterocycles. The lowest BCUT2D eigenvalue weighted by atomic mass is 10.2. The van der Waals surface area contributed by atoms with Crippen LogP contribution in [0.1, 0.15) is 38.7 Å². The van der Waals surface area contributed by atoms with Crippen molar-refractivity contribution < 1.29 is 14.7 Å². The Morgan fingerprint density at radius 2 is 2.00 bits per heavy atom. The van der Waals surface area contributed by atoms with Crippen molar-refractivity contribution in [1.82, 2.24) is 0 Å². The molecule has 0 saturated carbocycles. The molecule has 4 nitrogen and oxygen atoms in total. The summed E-state index contributed by atoms with van der Waals surface area (Å²) in [6.07, 6.45) is 4.75. The largest absolute Gasteiger partial charge is 0.490 e. The van der Waals surface area contributed by atoms with Gasteiger partial charge in [0.1, 0.15) is 0 Å². The zero-order valence-electron chi connectivity index (χ0n) is 11.1. The van der Waals surface area contributed by atoms with Crippen molar-refractivity contribution >= 4 is 6.21 Å². The maximum atomic E-state index is 8.51. The van der Waals surface area contributed by atoms with Gasteiger partial charge in [0.2, 0.25) is 0 Å². The zero-order valence-corrected chi connectivity index (χ0v) is 11.1. The summed E-state index contributed by atoms with van der Waals surface area (Å²) in [6.45, 7) is 5.36. The van der Waals surface area contributed by atoms with Gasteiger partial charge >= 0.3 is 0 Å². The van der Waals surface area contributed by atoms with Crippen molar-refractivity contribution in [3.63, 3.8) is 0 Å². The van der Waals surface area contributed by atoms with Crippen LogP contribution in [0.2, 0.25) is 0 Å². The third-order valence-corrected chi connectivity index (χ3v) is 2.48. The number of hydrogen-bond acceptors (Lipinski definition) is 4. The van der Waals surface area contributed by atoms with Gasteiger partial charge in [0.15, 0.2) is 11.5 Å². The first-order chi connectivity index (χ1) is 8.81. The van der Waals surface area contributed by atoms with E-state index in [1.807, 2.05) is 19.1 Å². The van der Waals surface area contributed by atoms with Crippen molar-refractivity contribution in [2.45, 2.75) is 33.1 Å². The summed E-state index contributed by atoms with van der Waals surface area (Å²) in [6, 6.07) is 5.48. The molecule has 0 spiro atoms. The quantitative estimate of drug-likeness (QED) is 0.333. The van der Waals surface area contributed by atoms with Crippen molar-refractivity contribution in [2.75, 3.05) is 13.2 Å². The first kappa shape index (κ1) is 14.4. The van der Waals surface area contributed by atoms with Crippen LogP contribution in [-0.2, 0) is 0 Å². The van der Waals surface area contributed by atoms with E-state index >= 15 is 0 Å². The van der Waals surface area contributed by atoms with Gasteiger partial charge in [0.05, 0.1) is 19.4 Å². The minimum absolute atomic E-state index is 0.574. The van der Waals surface area contributed by atoms with Crippen LogP contribution in [0.25, 0.3) is 0 Å². The molecule has 0 aliphatic heterocycles. The minimum Gasteiger partial charge on any atom is -0.490 e. The second-order valence-electron chi connectivity index (χ2n) is 3.94. The maximum absolute atomic E-state index is 8.51. The van der Waals surface area contributed by atoms with Crippen molar-refractivity contribution in [3.8, 4) is 11.5 Å². The molecule has 0 saturated heterocycles. The van der Waals surface area contributed by atoms with Crippen LogP contribution in [0.15, 0.2) is 23.4 Å². The molecule has 1 N–H and O–H groups in total. The highest BCUT2D eigenvalue weighted by atomic mass is 16.5. The van der Waals surface area contributed by atoms with Gasteiger partial charge in [0.25, 0.3) is 0 Å². The third-order valence-electron chi connectivity index (χ3n) is 2.48. The summed E-state index contributed by atoms with van der Waals surface area (Å²) in [5.74, 6) is 1.43. The maximum Gasteiger partial charge on any atom is 0.161 e. The molecule has 1 rings (SSSR count). The Kier molecular flexibility index (Phi) is 6.69. The minimum atomic E-state index is 0.574. The number of benzene rings is 1. The summed E-state index contributed by atoms with van der Waals surface area (Å²) in [7, 11) is 0. The van der Waals surface area contributed by atoms with Crippen LogP contribution < -0.4 is 9.47 Å². The normalized spacial score (nSPS) is 10.8. The highest BCUT2D eigenvalue weighted by Crippen LogP contribution is 2.28. The van der Waals surface area contributed by atoms with E-state index in [0.29, 0.717) is 19.0 Å². The average Bonchev–Trinajstić information content (AvgIpc) is 2.37. The number of unbranched alkanes of at least 4 members (excludes halogenated alkanes) is 2. The Labute approximate surface area is 108 Å². The lowest BCUT2D eigenvalue weighted by Gasteiger charge is -2.12. The molecule has 0 atom stereocenters. The highest BCUT2D eigenvalue weighted by Gasteiger charge is 2.05. The molecular weight excluding hydrogens is 230 g/mol. The van der Waals surface area contributed by atoms with Crippen molar-refractivity contribution in [3.05, 3.63) is 23.8 Å². The van der Waals surface area contributed by atoms with Gasteiger partial charge in [-0.05, 0) is 31.5 Å². The summed E-state index contributed by atoms with van der Waals surface area (Å²) in [5, 5.41) is 11.5. The molecule has 0 aliphatic carbocycles. The zero-order chi connectivity index (χ0) is 13.2. The lowest BCUT2D eigenvalue weighted by Crippen LogP contribution is -2.01. The average molecular weight is 251 g/mol. The highest BCUT2D eigenvalue weighted by molar-refractivity contribution is 5.80. The molecule has 1 aromatic rings. The first-order valence-corrected chi connectivity index (χ1v) is 6.38. The fraction of sp³-hybridized carbons (Fsp3) is 0.500. The molecule has 0 radical (unpaired) electrons. The molecular formula is C14H21NO3. The number of oxime groups is 1. The van der Waals surface area contributed by atoms with E-state index in [2.05, 4.69) is 12.1 Å². The van der Waals surface area contributed by atoms with Crippen LogP contribution in [-0.4, -0.2) is 24.6 Å². The SMILES string of the molecule is CCCCCOc1ccc(C=NO)cc1OCC. The number of hydrogen-bond donors (Lipinski definition) is 1. The van der Waals surface area contributed by atoms with Gasteiger partial charge in [-0.3, -0.25) is 0 Å². The summed E-state index contributed by atoms with van der Waals surface area (Å²) < 4.78 is 11.2. The number of ether oxygens (including phenoxy) is 2. The Balaban J connectivity index is 2.69. The van der Waals surface area contributed by atoms with Crippen LogP contribution in [0, 0.1) is 0 Å². The molecule has 100 valence electrons. The van der Waals surface area contributed by atoms with Gasteiger partial charge in [-0.2, -0.15) is 0 Å². The monoisotopic (exact) mass is 251 g/mol. The smallest absolute Gasteiger partial charge is 0.161 e. The second kappa shape index (κ2) is 8.39. The Hall–Kier alpha value is -1.71. The molecule has 0 amide bonds. The molecule has 0 heterocycles. The first-order valence-electron chi connectivity index (χ1n) is 6.38. The van der Waals surface area contributed by atoms with Gasteiger partial charge in [0, 0.05) is 5.56 Å². The third kappa shape index (κ3) is 4.65. The topological polar surface area (TPSA) is 51.0 Å². The van der Waals surface area contributed by atoms with Gasteiger partial charge in [-0.1, -0.05) is 24.9 Å². The summed E-state index contributed by atoms with van der Waals surface area (Å²) in [4.78, 5) is 0. The lowest BCUT2D eigenvalue weighted by molar-refractivity contribution is 0.271. The summed E-state index contributed by atoms with van der Waals surface area (Å²) >= 11 is 0. The molecule has 1 aromatic carbocycles. The van der Waals surface area contributed by atoms with E-state index in [1.165, 1.54) is 19.1 Å². The van der Waals surface area contributed by atoms with E-state index in [-0.39, 0.29) is 0 Å². The van der Waals surface area contributed by atoms with E-state index in [9.17, 15) is 0 Å². The molecule has 0 aliphatic rings. The van der Waals surface area contributed by atoms with Gasteiger partial charge in [-0.15, -0.1) is 0 Å². The van der Waals surface area contributed by atoms with Crippen molar-refractivity contribution in [1.29, 1.82) is 0 Å². The predicted molar refractivity (Wildman–Crippen MR) is 72.0 cm³/mol. The van der Waals surface area contributed by atoms with Gasteiger partial charge < -0.3 is 14.7 Å². The number of nitrogens with zero attached hydrogens (tertiary/aromatic N) is 1. The molecule has 0 bridgehead atoms. The van der Waals surface area contributed by atoms with Gasteiger partial charge in [-0.25, -0.2) is 0 Å². The molecule has 18 heavy (non-hydrogen) atoms. The van der Waals surface area contributed by atoms with Crippen LogP contribution >= 0.6 is 0 Å². The van der Waals surface area contributed by atoms with E-state index < -0.39 is 0 Å². The molecule has 0 unspecified atom stereocenters. The van der Waals surface area contributed by atoms with E-state index in [1.54, 1.807) is 6.07 Å². The Morgan fingerprint density at radius 1 is 1.17 bits per heavy atom. The standard InChI is InChI=1S/C14H21NO3/c1-3-5-6-9-18-13-8-7-12(11-15-16)10-14(13)17-4-2/h7-8,10-11,16H,3-6,9H2,1-2H3. The van der Waals surface area contributed by atoms with Crippen molar-refractivity contribution in [2.24, 2.45) is 5.16 Å². The Morgan fingerprint density at radius 3 is 2.67 bits per heavy atom. The van der Waals surface area contributed by atoms with Crippen LogP contribution in [0.3, 0.4) is 0 Å². The fourth-order valence-electron chi connectivity index (χ4n) is 1.59. The van der Waals surface area contributed by atoms with E-state index in [0.717, 1.165) is 17.7 Å². The fourth-order valence-corrected chi connectivity index (χ4v) is 1.59. The second-order valence-corrected chi connectivity index (χ2v) is 3.94. The molecule has 4 heteroatoms. The van der Waals surface area contributed by atoms with Crippen LogP contribution in [0.5, 0.6) is 11.5 Å². The Bertz CT molecular complexity index is 377.